The molecule has 28 heavy (non-hydrogen) atoms. The molecule has 2 nitrogen and oxygen atoms in total. The Balaban J connectivity index is 0.00000182. The average molecular weight is 554 g/mol. The smallest absolute Gasteiger partial charge is 0 e. The number of rotatable bonds is 4. The van der Waals surface area contributed by atoms with Crippen LogP contribution in [0.1, 0.15) is 96.8 Å². The minimum Gasteiger partial charge on any atom is -0.658 e. The molecule has 0 N–H and O–H groups in total. The van der Waals surface area contributed by atoms with E-state index in [1.165, 1.54) is 89.9 Å². The van der Waals surface area contributed by atoms with E-state index < -0.39 is 0 Å². The third kappa shape index (κ3) is 6.64. The van der Waals surface area contributed by atoms with Crippen molar-refractivity contribution >= 4 is 0 Å². The summed E-state index contributed by atoms with van der Waals surface area (Å²) in [4.78, 5) is 0. The molecule has 6 unspecified atom stereocenters. The maximum absolute atomic E-state index is 5.53. The van der Waals surface area contributed by atoms with Crippen LogP contribution < -0.4 is 0 Å². The van der Waals surface area contributed by atoms with Crippen LogP contribution in [-0.2, 0) is 25.8 Å². The van der Waals surface area contributed by atoms with Crippen molar-refractivity contribution < 1.29 is 25.8 Å². The molecule has 0 amide bonds. The van der Waals surface area contributed by atoms with Crippen molar-refractivity contribution in [3.63, 3.8) is 0 Å². The monoisotopic (exact) mass is 555 g/mol. The number of nitrogens with zero attached hydrogens (tertiary/aromatic N) is 2. The van der Waals surface area contributed by atoms with Gasteiger partial charge in [-0.25, -0.2) is 0 Å². The molecular weight excluding hydrogens is 507 g/mol. The van der Waals surface area contributed by atoms with Crippen molar-refractivity contribution in [2.45, 2.75) is 121 Å². The number of piperidine rings is 2. The predicted octanol–water partition coefficient (Wildman–Crippen LogP) is 7.94. The standard InChI is InChI=1S/C22H38N2.3CH3.Hf/c1-2-3-9-19-14-12-17-10-11-18-13-15-20(16-7-5-4-6-8-16)24-22(18)21(17)23-19;;;;/h16-22H,2-15H2,1H3;3*1H3;/q-2;3*-1;. The fourth-order valence-electron chi connectivity index (χ4n) is 6.32. The van der Waals surface area contributed by atoms with E-state index in [0.29, 0.717) is 24.2 Å². The van der Waals surface area contributed by atoms with Gasteiger partial charge in [-0.3, -0.25) is 0 Å². The summed E-state index contributed by atoms with van der Waals surface area (Å²) in [5.74, 6) is 2.66. The quantitative estimate of drug-likeness (QED) is 0.250. The van der Waals surface area contributed by atoms with Crippen LogP contribution >= 0.6 is 0 Å². The summed E-state index contributed by atoms with van der Waals surface area (Å²) in [6.07, 6.45) is 19.9. The SMILES string of the molecule is CCCCC1CCC2CCC3CCC(C4CCCCC4)[N-]C3C2[N-]1.[CH3-].[CH3-].[CH3-].[Hf]. The van der Waals surface area contributed by atoms with Gasteiger partial charge >= 0.3 is 0 Å². The van der Waals surface area contributed by atoms with E-state index in [9.17, 15) is 0 Å². The number of hydrogen-bond donors (Lipinski definition) is 0. The molecule has 0 spiro atoms. The molecule has 2 heterocycles. The van der Waals surface area contributed by atoms with Gasteiger partial charge in [0.05, 0.1) is 0 Å². The Bertz CT molecular complexity index is 396. The van der Waals surface area contributed by atoms with Crippen LogP contribution in [0.15, 0.2) is 0 Å². The first-order valence-corrected chi connectivity index (χ1v) is 11.2. The Morgan fingerprint density at radius 1 is 0.643 bits per heavy atom. The summed E-state index contributed by atoms with van der Waals surface area (Å²) >= 11 is 0. The van der Waals surface area contributed by atoms with E-state index in [4.69, 9.17) is 10.6 Å². The summed E-state index contributed by atoms with van der Waals surface area (Å²) in [5, 5.41) is 10.9. The van der Waals surface area contributed by atoms with E-state index in [1.54, 1.807) is 0 Å². The van der Waals surface area contributed by atoms with Crippen LogP contribution in [-0.4, -0.2) is 24.2 Å². The van der Waals surface area contributed by atoms with Crippen LogP contribution in [0.4, 0.5) is 0 Å². The molecule has 0 radical (unpaired) electrons. The van der Waals surface area contributed by atoms with Gasteiger partial charge in [-0.1, -0.05) is 115 Å². The first-order valence-electron chi connectivity index (χ1n) is 11.2. The first kappa shape index (κ1) is 28.8. The van der Waals surface area contributed by atoms with Gasteiger partial charge in [0.15, 0.2) is 0 Å². The van der Waals surface area contributed by atoms with Crippen molar-refractivity contribution in [2.75, 3.05) is 0 Å². The van der Waals surface area contributed by atoms with E-state index >= 15 is 0 Å². The third-order valence-electron chi connectivity index (χ3n) is 7.76. The zero-order valence-electron chi connectivity index (χ0n) is 19.3. The second kappa shape index (κ2) is 14.0. The second-order valence-corrected chi connectivity index (χ2v) is 9.29. The van der Waals surface area contributed by atoms with E-state index in [0.717, 1.165) is 17.8 Å². The minimum atomic E-state index is 0. The van der Waals surface area contributed by atoms with Crippen LogP contribution in [0.25, 0.3) is 10.6 Å². The fraction of sp³-hybridized carbons (Fsp3) is 0.880. The van der Waals surface area contributed by atoms with Gasteiger partial charge in [0.1, 0.15) is 0 Å². The molecule has 2 aliphatic carbocycles. The Morgan fingerprint density at radius 2 is 1.21 bits per heavy atom. The third-order valence-corrected chi connectivity index (χ3v) is 7.76. The molecule has 2 aliphatic heterocycles. The van der Waals surface area contributed by atoms with Gasteiger partial charge in [0.25, 0.3) is 0 Å². The fourth-order valence-corrected chi connectivity index (χ4v) is 6.32. The Morgan fingerprint density at radius 3 is 1.86 bits per heavy atom. The zero-order chi connectivity index (χ0) is 16.4. The van der Waals surface area contributed by atoms with Gasteiger partial charge in [0, 0.05) is 25.8 Å². The summed E-state index contributed by atoms with van der Waals surface area (Å²) in [7, 11) is 0. The molecule has 4 rings (SSSR count). The minimum absolute atomic E-state index is 0. The van der Waals surface area contributed by atoms with Gasteiger partial charge in [0.2, 0.25) is 0 Å². The van der Waals surface area contributed by atoms with Crippen molar-refractivity contribution in [1.29, 1.82) is 0 Å². The molecule has 4 aliphatic rings. The zero-order valence-corrected chi connectivity index (χ0v) is 22.9. The predicted molar refractivity (Wildman–Crippen MR) is 122 cm³/mol. The molecule has 3 heteroatoms. The molecule has 2 saturated heterocycles. The normalized spacial score (nSPS) is 37.6. The summed E-state index contributed by atoms with van der Waals surface area (Å²) < 4.78 is 0. The van der Waals surface area contributed by atoms with E-state index in [1.807, 2.05) is 0 Å². The Hall–Kier alpha value is 0.790. The van der Waals surface area contributed by atoms with Crippen molar-refractivity contribution in [2.24, 2.45) is 17.8 Å². The molecule has 0 aromatic rings. The molecule has 4 fully saturated rings. The molecule has 0 aromatic carbocycles. The largest absolute Gasteiger partial charge is 0.658 e. The number of fused-ring (bicyclic) bond motifs is 3. The van der Waals surface area contributed by atoms with Gasteiger partial charge in [-0.05, 0) is 0 Å². The molecule has 6 atom stereocenters. The van der Waals surface area contributed by atoms with Gasteiger partial charge in [-0.15, -0.1) is 24.2 Å². The number of hydrogen-bond acceptors (Lipinski definition) is 0. The molecule has 2 saturated carbocycles. The maximum atomic E-state index is 5.53. The summed E-state index contributed by atoms with van der Waals surface area (Å²) in [6.45, 7) is 2.31. The van der Waals surface area contributed by atoms with Crippen LogP contribution in [0.2, 0.25) is 0 Å². The maximum Gasteiger partial charge on any atom is 0 e. The van der Waals surface area contributed by atoms with E-state index in [-0.39, 0.29) is 48.1 Å². The Kier molecular flexibility index (Phi) is 14.4. The van der Waals surface area contributed by atoms with Crippen molar-refractivity contribution in [3.8, 4) is 0 Å². The summed E-state index contributed by atoms with van der Waals surface area (Å²) in [5.41, 5.74) is 0. The first-order chi connectivity index (χ1) is 11.8. The van der Waals surface area contributed by atoms with Crippen molar-refractivity contribution in [1.82, 2.24) is 0 Å². The van der Waals surface area contributed by atoms with Crippen molar-refractivity contribution in [3.05, 3.63) is 32.9 Å². The molecular formula is C25H47HfN2-5. The molecule has 0 bridgehead atoms. The second-order valence-electron chi connectivity index (χ2n) is 9.29. The van der Waals surface area contributed by atoms with Crippen LogP contribution in [0, 0.1) is 40.0 Å². The summed E-state index contributed by atoms with van der Waals surface area (Å²) in [6, 6.07) is 2.56. The molecule has 0 aromatic heterocycles. The van der Waals surface area contributed by atoms with Crippen LogP contribution in [0.3, 0.4) is 0 Å². The van der Waals surface area contributed by atoms with E-state index in [2.05, 4.69) is 6.92 Å². The topological polar surface area (TPSA) is 28.2 Å². The van der Waals surface area contributed by atoms with Gasteiger partial charge in [-0.2, -0.15) is 0 Å². The molecule has 166 valence electrons. The number of unbranched alkanes of at least 4 members (excludes halogenated alkanes) is 1. The van der Waals surface area contributed by atoms with Crippen LogP contribution in [0.5, 0.6) is 0 Å². The Labute approximate surface area is 196 Å². The van der Waals surface area contributed by atoms with Gasteiger partial charge < -0.3 is 32.9 Å². The average Bonchev–Trinajstić information content (AvgIpc) is 2.66.